The highest BCUT2D eigenvalue weighted by Crippen LogP contribution is 2.17. The van der Waals surface area contributed by atoms with E-state index in [4.69, 9.17) is 14.2 Å². The predicted molar refractivity (Wildman–Crippen MR) is 293 cm³/mol. The molecule has 0 rings (SSSR count). The van der Waals surface area contributed by atoms with E-state index in [9.17, 15) is 14.4 Å². The molecule has 6 heteroatoms. The molecule has 0 bridgehead atoms. The van der Waals surface area contributed by atoms with Gasteiger partial charge in [0.05, 0.1) is 0 Å². The maximum atomic E-state index is 12.8. The standard InChI is InChI=1S/C62H110O6/c1-4-7-10-13-16-18-20-22-24-25-26-27-28-29-30-31-32-33-34-35-36-37-39-40-42-44-46-49-52-55-61(64)67-58-59(57-66-60(63)54-51-48-15-12-9-6-3)68-62(65)56-53-50-47-45-43-41-38-23-21-19-17-14-11-8-5-2/h7,10,16,18,22,24,26-27,29-30,59H,4-6,8-9,11-15,17,19-21,23,25,28,31-58H2,1-3H3/b10-7-,18-16-,24-22-,27-26-,30-29-. The average molecular weight is 952 g/mol. The van der Waals surface area contributed by atoms with Crippen molar-refractivity contribution in [2.24, 2.45) is 0 Å². The Morgan fingerprint density at radius 3 is 0.897 bits per heavy atom. The fraction of sp³-hybridized carbons (Fsp3) is 0.790. The number of carbonyl (C=O) groups excluding carboxylic acids is 3. The van der Waals surface area contributed by atoms with Gasteiger partial charge in [0.15, 0.2) is 6.10 Å². The molecule has 68 heavy (non-hydrogen) atoms. The molecular formula is C62H110O6. The molecular weight excluding hydrogens is 841 g/mol. The van der Waals surface area contributed by atoms with Crippen LogP contribution in [0.3, 0.4) is 0 Å². The van der Waals surface area contributed by atoms with Gasteiger partial charge in [-0.3, -0.25) is 14.4 Å². The number of allylic oxidation sites excluding steroid dienone is 10. The van der Waals surface area contributed by atoms with Crippen molar-refractivity contribution in [2.75, 3.05) is 13.2 Å². The molecule has 0 aliphatic carbocycles. The van der Waals surface area contributed by atoms with Crippen molar-refractivity contribution >= 4 is 17.9 Å². The van der Waals surface area contributed by atoms with Crippen LogP contribution in [0.5, 0.6) is 0 Å². The Hall–Kier alpha value is -2.89. The van der Waals surface area contributed by atoms with E-state index in [1.165, 1.54) is 167 Å². The Labute approximate surface area is 421 Å². The zero-order valence-corrected chi connectivity index (χ0v) is 45.1. The minimum atomic E-state index is -0.767. The molecule has 0 aliphatic heterocycles. The first-order valence-corrected chi connectivity index (χ1v) is 29.3. The van der Waals surface area contributed by atoms with E-state index < -0.39 is 6.10 Å². The van der Waals surface area contributed by atoms with E-state index in [-0.39, 0.29) is 31.1 Å². The highest BCUT2D eigenvalue weighted by Gasteiger charge is 2.19. The minimum Gasteiger partial charge on any atom is -0.462 e. The number of ether oxygens (including phenoxy) is 3. The van der Waals surface area contributed by atoms with Gasteiger partial charge in [0.1, 0.15) is 13.2 Å². The molecule has 0 radical (unpaired) electrons. The molecule has 0 saturated carbocycles. The normalized spacial score (nSPS) is 12.5. The number of rotatable bonds is 53. The van der Waals surface area contributed by atoms with Crippen molar-refractivity contribution in [3.05, 3.63) is 60.8 Å². The third-order valence-electron chi connectivity index (χ3n) is 12.8. The number of carbonyl (C=O) groups is 3. The third-order valence-corrected chi connectivity index (χ3v) is 12.8. The Morgan fingerprint density at radius 2 is 0.574 bits per heavy atom. The largest absolute Gasteiger partial charge is 0.462 e. The minimum absolute atomic E-state index is 0.0705. The van der Waals surface area contributed by atoms with E-state index in [2.05, 4.69) is 81.5 Å². The predicted octanol–water partition coefficient (Wildman–Crippen LogP) is 19.6. The summed E-state index contributed by atoms with van der Waals surface area (Å²) >= 11 is 0. The van der Waals surface area contributed by atoms with Crippen LogP contribution in [0, 0.1) is 0 Å². The lowest BCUT2D eigenvalue weighted by Crippen LogP contribution is -2.30. The van der Waals surface area contributed by atoms with Crippen LogP contribution in [0.4, 0.5) is 0 Å². The molecule has 0 spiro atoms. The highest BCUT2D eigenvalue weighted by atomic mass is 16.6. The summed E-state index contributed by atoms with van der Waals surface area (Å²) in [7, 11) is 0. The summed E-state index contributed by atoms with van der Waals surface area (Å²) in [6.07, 6.45) is 71.1. The van der Waals surface area contributed by atoms with Crippen molar-refractivity contribution < 1.29 is 28.6 Å². The Kier molecular flexibility index (Phi) is 54.3. The summed E-state index contributed by atoms with van der Waals surface area (Å²) in [6.45, 7) is 6.49. The highest BCUT2D eigenvalue weighted by molar-refractivity contribution is 5.71. The van der Waals surface area contributed by atoms with E-state index in [1.807, 2.05) is 0 Å². The van der Waals surface area contributed by atoms with Gasteiger partial charge in [-0.2, -0.15) is 0 Å². The van der Waals surface area contributed by atoms with Crippen LogP contribution in [0.2, 0.25) is 0 Å². The Morgan fingerprint density at radius 1 is 0.309 bits per heavy atom. The van der Waals surface area contributed by atoms with Crippen LogP contribution in [-0.2, 0) is 28.6 Å². The van der Waals surface area contributed by atoms with Crippen molar-refractivity contribution in [3.63, 3.8) is 0 Å². The van der Waals surface area contributed by atoms with Crippen molar-refractivity contribution in [3.8, 4) is 0 Å². The fourth-order valence-corrected chi connectivity index (χ4v) is 8.41. The lowest BCUT2D eigenvalue weighted by atomic mass is 10.0. The zero-order chi connectivity index (χ0) is 49.3. The molecule has 0 aromatic rings. The molecule has 0 amide bonds. The fourth-order valence-electron chi connectivity index (χ4n) is 8.41. The second-order valence-corrected chi connectivity index (χ2v) is 19.5. The molecule has 0 aromatic carbocycles. The van der Waals surface area contributed by atoms with Gasteiger partial charge in [0, 0.05) is 19.3 Å². The van der Waals surface area contributed by atoms with Gasteiger partial charge in [-0.05, 0) is 64.2 Å². The third kappa shape index (κ3) is 54.1. The van der Waals surface area contributed by atoms with Crippen LogP contribution >= 0.6 is 0 Å². The molecule has 0 saturated heterocycles. The maximum Gasteiger partial charge on any atom is 0.306 e. The average Bonchev–Trinajstić information content (AvgIpc) is 3.34. The van der Waals surface area contributed by atoms with Crippen LogP contribution < -0.4 is 0 Å². The van der Waals surface area contributed by atoms with Gasteiger partial charge >= 0.3 is 17.9 Å². The van der Waals surface area contributed by atoms with Crippen molar-refractivity contribution in [1.82, 2.24) is 0 Å². The quantitative estimate of drug-likeness (QED) is 0.0262. The summed E-state index contributed by atoms with van der Waals surface area (Å²) in [6, 6.07) is 0. The molecule has 0 N–H and O–H groups in total. The SMILES string of the molecule is CC/C=C\C/C=C\C/C=C\C/C=C\C/C=C\CCCCCCCCCCCCCCCC(=O)OCC(COC(=O)CCCCCCCC)OC(=O)CCCCCCCCCCCCCCCCC. The molecule has 1 unspecified atom stereocenters. The van der Waals surface area contributed by atoms with Gasteiger partial charge in [-0.15, -0.1) is 0 Å². The lowest BCUT2D eigenvalue weighted by molar-refractivity contribution is -0.167. The van der Waals surface area contributed by atoms with Gasteiger partial charge in [-0.25, -0.2) is 0 Å². The smallest absolute Gasteiger partial charge is 0.306 e. The van der Waals surface area contributed by atoms with E-state index in [0.717, 1.165) is 89.9 Å². The van der Waals surface area contributed by atoms with E-state index >= 15 is 0 Å². The molecule has 394 valence electrons. The summed E-state index contributed by atoms with van der Waals surface area (Å²) in [5.74, 6) is -0.868. The maximum absolute atomic E-state index is 12.8. The molecule has 0 heterocycles. The van der Waals surface area contributed by atoms with Crippen molar-refractivity contribution in [1.29, 1.82) is 0 Å². The number of esters is 3. The van der Waals surface area contributed by atoms with Crippen LogP contribution in [0.25, 0.3) is 0 Å². The molecule has 0 aromatic heterocycles. The summed E-state index contributed by atoms with van der Waals surface area (Å²) in [4.78, 5) is 37.9. The van der Waals surface area contributed by atoms with Gasteiger partial charge in [0.2, 0.25) is 0 Å². The molecule has 0 fully saturated rings. The zero-order valence-electron chi connectivity index (χ0n) is 45.1. The van der Waals surface area contributed by atoms with Crippen LogP contribution in [0.15, 0.2) is 60.8 Å². The number of hydrogen-bond donors (Lipinski definition) is 0. The summed E-state index contributed by atoms with van der Waals surface area (Å²) < 4.78 is 16.8. The second-order valence-electron chi connectivity index (χ2n) is 19.5. The Balaban J connectivity index is 4.04. The molecule has 0 aliphatic rings. The summed E-state index contributed by atoms with van der Waals surface area (Å²) in [5.41, 5.74) is 0. The monoisotopic (exact) mass is 951 g/mol. The van der Waals surface area contributed by atoms with Crippen molar-refractivity contribution in [2.45, 2.75) is 303 Å². The topological polar surface area (TPSA) is 78.9 Å². The Bertz CT molecular complexity index is 1230. The first-order valence-electron chi connectivity index (χ1n) is 29.3. The second kappa shape index (κ2) is 56.7. The first-order chi connectivity index (χ1) is 33.5. The van der Waals surface area contributed by atoms with Gasteiger partial charge < -0.3 is 14.2 Å². The molecule has 1 atom stereocenters. The van der Waals surface area contributed by atoms with Gasteiger partial charge in [0.25, 0.3) is 0 Å². The summed E-state index contributed by atoms with van der Waals surface area (Å²) in [5, 5.41) is 0. The lowest BCUT2D eigenvalue weighted by Gasteiger charge is -2.18. The number of unbranched alkanes of at least 4 members (excludes halogenated alkanes) is 32. The van der Waals surface area contributed by atoms with Crippen LogP contribution in [-0.4, -0.2) is 37.2 Å². The first kappa shape index (κ1) is 65.1. The van der Waals surface area contributed by atoms with Gasteiger partial charge in [-0.1, -0.05) is 274 Å². The molecule has 6 nitrogen and oxygen atoms in total. The van der Waals surface area contributed by atoms with E-state index in [0.29, 0.717) is 19.3 Å². The van der Waals surface area contributed by atoms with Crippen LogP contribution in [0.1, 0.15) is 297 Å². The number of hydrogen-bond acceptors (Lipinski definition) is 6. The van der Waals surface area contributed by atoms with E-state index in [1.54, 1.807) is 0 Å².